The smallest absolute Gasteiger partial charge is 0.333 e. The average molecular weight is 226 g/mol. The number of aromatic nitrogens is 2. The van der Waals surface area contributed by atoms with Gasteiger partial charge < -0.3 is 20.1 Å². The molecule has 7 nitrogen and oxygen atoms in total. The molecule has 0 aliphatic carbocycles. The molecule has 7 heteroatoms. The number of oxazole rings is 1. The van der Waals surface area contributed by atoms with E-state index in [1.165, 1.54) is 0 Å². The van der Waals surface area contributed by atoms with Gasteiger partial charge in [-0.05, 0) is 13.8 Å². The van der Waals surface area contributed by atoms with E-state index in [0.29, 0.717) is 24.5 Å². The van der Waals surface area contributed by atoms with Crippen molar-refractivity contribution in [3.8, 4) is 0 Å². The Balaban J connectivity index is 2.65. The largest absolute Gasteiger partial charge is 0.425 e. The van der Waals surface area contributed by atoms with Gasteiger partial charge >= 0.3 is 5.68 Å². The van der Waals surface area contributed by atoms with E-state index in [1.807, 2.05) is 13.8 Å². The maximum Gasteiger partial charge on any atom is 0.333 e. The highest BCUT2D eigenvalue weighted by atomic mass is 16.5. The molecule has 0 saturated heterocycles. The molecule has 0 spiro atoms. The highest BCUT2D eigenvalue weighted by Gasteiger charge is 2.16. The fourth-order valence-electron chi connectivity index (χ4n) is 1.51. The molecule has 0 aliphatic rings. The summed E-state index contributed by atoms with van der Waals surface area (Å²) in [5, 5.41) is 22.4. The summed E-state index contributed by atoms with van der Waals surface area (Å²) in [5.74, 6) is 0.460. The Morgan fingerprint density at radius 3 is 2.69 bits per heavy atom. The third kappa shape index (κ3) is 1.40. The third-order valence-corrected chi connectivity index (χ3v) is 2.15. The Morgan fingerprint density at radius 1 is 1.38 bits per heavy atom. The molecule has 2 aromatic heterocycles. The SMILES string of the molecule is CCN=c1oc2cc(NCC)n(O)c2n1O. The first-order chi connectivity index (χ1) is 7.69. The molecule has 0 amide bonds. The van der Waals surface area contributed by atoms with Crippen molar-refractivity contribution < 1.29 is 14.8 Å². The van der Waals surface area contributed by atoms with Crippen molar-refractivity contribution >= 4 is 17.0 Å². The fraction of sp³-hybridized carbons (Fsp3) is 0.444. The molecule has 3 N–H and O–H groups in total. The molecule has 0 aliphatic heterocycles. The van der Waals surface area contributed by atoms with E-state index in [4.69, 9.17) is 4.42 Å². The summed E-state index contributed by atoms with van der Waals surface area (Å²) < 4.78 is 6.82. The highest BCUT2D eigenvalue weighted by molar-refractivity contribution is 5.75. The quantitative estimate of drug-likeness (QED) is 0.677. The van der Waals surface area contributed by atoms with Gasteiger partial charge in [-0.15, -0.1) is 9.46 Å². The van der Waals surface area contributed by atoms with Gasteiger partial charge in [0.2, 0.25) is 5.65 Å². The molecule has 2 heterocycles. The second-order valence-corrected chi connectivity index (χ2v) is 3.23. The second-order valence-electron chi connectivity index (χ2n) is 3.23. The van der Waals surface area contributed by atoms with Gasteiger partial charge in [0.05, 0.1) is 0 Å². The minimum Gasteiger partial charge on any atom is -0.425 e. The zero-order valence-corrected chi connectivity index (χ0v) is 9.14. The summed E-state index contributed by atoms with van der Waals surface area (Å²) in [4.78, 5) is 3.93. The van der Waals surface area contributed by atoms with E-state index in [9.17, 15) is 10.4 Å². The van der Waals surface area contributed by atoms with Crippen LogP contribution in [0.1, 0.15) is 13.8 Å². The van der Waals surface area contributed by atoms with Gasteiger partial charge in [-0.25, -0.2) is 4.99 Å². The zero-order valence-electron chi connectivity index (χ0n) is 9.14. The number of nitrogens with zero attached hydrogens (tertiary/aromatic N) is 3. The van der Waals surface area contributed by atoms with Crippen LogP contribution in [-0.2, 0) is 0 Å². The van der Waals surface area contributed by atoms with Crippen molar-refractivity contribution in [2.45, 2.75) is 13.8 Å². The first-order valence-electron chi connectivity index (χ1n) is 5.09. The lowest BCUT2D eigenvalue weighted by Gasteiger charge is -2.02. The summed E-state index contributed by atoms with van der Waals surface area (Å²) >= 11 is 0. The fourth-order valence-corrected chi connectivity index (χ4v) is 1.51. The van der Waals surface area contributed by atoms with Crippen LogP contribution in [0.5, 0.6) is 0 Å². The van der Waals surface area contributed by atoms with Crippen LogP contribution in [0.2, 0.25) is 0 Å². The van der Waals surface area contributed by atoms with Crippen LogP contribution in [0.25, 0.3) is 11.2 Å². The Labute approximate surface area is 91.2 Å². The maximum atomic E-state index is 9.75. The summed E-state index contributed by atoms with van der Waals surface area (Å²) in [6.45, 7) is 4.87. The van der Waals surface area contributed by atoms with Gasteiger partial charge in [0.1, 0.15) is 5.82 Å². The molecule has 0 fully saturated rings. The van der Waals surface area contributed by atoms with Gasteiger partial charge in [-0.1, -0.05) is 0 Å². The van der Waals surface area contributed by atoms with Crippen LogP contribution in [-0.4, -0.2) is 33.0 Å². The lowest BCUT2D eigenvalue weighted by molar-refractivity contribution is 0.141. The first-order valence-corrected chi connectivity index (χ1v) is 5.09. The van der Waals surface area contributed by atoms with Crippen molar-refractivity contribution in [2.75, 3.05) is 18.4 Å². The molecule has 2 rings (SSSR count). The van der Waals surface area contributed by atoms with E-state index < -0.39 is 0 Å². The molecular weight excluding hydrogens is 212 g/mol. The third-order valence-electron chi connectivity index (χ3n) is 2.15. The minimum atomic E-state index is 0.0679. The number of hydrogen-bond donors (Lipinski definition) is 3. The van der Waals surface area contributed by atoms with Gasteiger partial charge in [0.15, 0.2) is 5.58 Å². The van der Waals surface area contributed by atoms with E-state index in [-0.39, 0.29) is 11.3 Å². The van der Waals surface area contributed by atoms with Crippen LogP contribution in [0.15, 0.2) is 15.5 Å². The van der Waals surface area contributed by atoms with Crippen LogP contribution in [0, 0.1) is 0 Å². The van der Waals surface area contributed by atoms with Crippen LogP contribution < -0.4 is 11.0 Å². The van der Waals surface area contributed by atoms with E-state index in [0.717, 1.165) is 9.46 Å². The molecule has 0 radical (unpaired) electrons. The second kappa shape index (κ2) is 3.84. The number of fused-ring (bicyclic) bond motifs is 1. The summed E-state index contributed by atoms with van der Waals surface area (Å²) in [6, 6.07) is 1.60. The number of nitrogens with one attached hydrogen (secondary N) is 1. The molecule has 0 unspecified atom stereocenters. The molecule has 2 aromatic rings. The maximum absolute atomic E-state index is 9.75. The van der Waals surface area contributed by atoms with Crippen LogP contribution in [0.3, 0.4) is 0 Å². The minimum absolute atomic E-state index is 0.0679. The molecule has 0 bridgehead atoms. The predicted molar refractivity (Wildman–Crippen MR) is 56.8 cm³/mol. The molecular formula is C9H14N4O3. The van der Waals surface area contributed by atoms with Crippen molar-refractivity contribution in [1.82, 2.24) is 9.46 Å². The Bertz CT molecular complexity index is 563. The van der Waals surface area contributed by atoms with Gasteiger partial charge in [-0.2, -0.15) is 0 Å². The summed E-state index contributed by atoms with van der Waals surface area (Å²) in [6.07, 6.45) is 0. The van der Waals surface area contributed by atoms with Gasteiger partial charge in [0, 0.05) is 19.2 Å². The standard InChI is InChI=1S/C9H14N4O3/c1-3-10-7-5-6-8(12(7)14)13(15)9(16-6)11-4-2/h5,10,14-15H,3-4H2,1-2H3. The van der Waals surface area contributed by atoms with Crippen LogP contribution in [0.4, 0.5) is 5.82 Å². The number of rotatable bonds is 3. The van der Waals surface area contributed by atoms with E-state index >= 15 is 0 Å². The molecule has 0 atom stereocenters. The Kier molecular flexibility index (Phi) is 2.51. The summed E-state index contributed by atoms with van der Waals surface area (Å²) in [7, 11) is 0. The van der Waals surface area contributed by atoms with Crippen molar-refractivity contribution in [3.63, 3.8) is 0 Å². The topological polar surface area (TPSA) is 87.9 Å². The van der Waals surface area contributed by atoms with Gasteiger partial charge in [-0.3, -0.25) is 0 Å². The van der Waals surface area contributed by atoms with Crippen molar-refractivity contribution in [1.29, 1.82) is 0 Å². The average Bonchev–Trinajstić information content (AvgIpc) is 2.70. The molecule has 0 aromatic carbocycles. The lowest BCUT2D eigenvalue weighted by Crippen LogP contribution is -2.16. The molecule has 88 valence electrons. The van der Waals surface area contributed by atoms with Gasteiger partial charge in [0.25, 0.3) is 0 Å². The zero-order chi connectivity index (χ0) is 11.7. The first kappa shape index (κ1) is 10.5. The Hall–Kier alpha value is -2.05. The van der Waals surface area contributed by atoms with E-state index in [1.54, 1.807) is 6.07 Å². The molecule has 0 saturated carbocycles. The number of anilines is 1. The number of hydrogen-bond acceptors (Lipinski definition) is 5. The predicted octanol–water partition coefficient (Wildman–Crippen LogP) is 0.863. The normalized spacial score (nSPS) is 12.5. The van der Waals surface area contributed by atoms with Crippen LogP contribution >= 0.6 is 0 Å². The molecule has 16 heavy (non-hydrogen) atoms. The van der Waals surface area contributed by atoms with Crippen molar-refractivity contribution in [3.05, 3.63) is 11.8 Å². The Morgan fingerprint density at radius 2 is 2.12 bits per heavy atom. The lowest BCUT2D eigenvalue weighted by atomic mass is 10.5. The van der Waals surface area contributed by atoms with Crippen molar-refractivity contribution in [2.24, 2.45) is 4.99 Å². The highest BCUT2D eigenvalue weighted by Crippen LogP contribution is 2.20. The summed E-state index contributed by atoms with van der Waals surface area (Å²) in [5.41, 5.74) is 0.592. The van der Waals surface area contributed by atoms with E-state index in [2.05, 4.69) is 10.3 Å². The monoisotopic (exact) mass is 226 g/mol.